The topological polar surface area (TPSA) is 70.0 Å². The smallest absolute Gasteiger partial charge is 0.264 e. The van der Waals surface area contributed by atoms with Crippen LogP contribution in [0.5, 0.6) is 0 Å². The first kappa shape index (κ1) is 16.6. The summed E-state index contributed by atoms with van der Waals surface area (Å²) in [6, 6.07) is 7.69. The number of fused-ring (bicyclic) bond motifs is 2. The molecule has 1 aromatic carbocycles. The predicted molar refractivity (Wildman–Crippen MR) is 90.7 cm³/mol. The van der Waals surface area contributed by atoms with E-state index in [1.165, 1.54) is 0 Å². The van der Waals surface area contributed by atoms with Crippen LogP contribution in [-0.4, -0.2) is 43.9 Å². The summed E-state index contributed by atoms with van der Waals surface area (Å²) in [7, 11) is -0.795. The Hall–Kier alpha value is -1.21. The number of likely N-dealkylation sites (N-methyl/N-ethyl adjacent to an activating group) is 1. The van der Waals surface area contributed by atoms with Gasteiger partial charge in [-0.05, 0) is 25.6 Å². The highest BCUT2D eigenvalue weighted by Gasteiger charge is 2.65. The van der Waals surface area contributed by atoms with Crippen molar-refractivity contribution in [3.63, 3.8) is 0 Å². The van der Waals surface area contributed by atoms with Crippen LogP contribution < -0.4 is 4.90 Å². The number of rotatable bonds is 3. The minimum absolute atomic E-state index is 0.0138. The molecule has 1 saturated heterocycles. The first-order valence-corrected chi connectivity index (χ1v) is 11.2. The van der Waals surface area contributed by atoms with E-state index in [0.29, 0.717) is 6.42 Å². The van der Waals surface area contributed by atoms with Gasteiger partial charge in [0.05, 0.1) is 11.8 Å². The second-order valence-corrected chi connectivity index (χ2v) is 11.2. The van der Waals surface area contributed by atoms with E-state index in [-0.39, 0.29) is 30.1 Å². The first-order chi connectivity index (χ1) is 10.7. The van der Waals surface area contributed by atoms with E-state index in [4.69, 9.17) is 4.74 Å². The minimum Gasteiger partial charge on any atom is -0.432 e. The molecule has 1 amide bonds. The van der Waals surface area contributed by atoms with Gasteiger partial charge in [0.2, 0.25) is 0 Å². The van der Waals surface area contributed by atoms with Crippen LogP contribution in [0.4, 0.5) is 5.69 Å². The molecule has 3 rings (SSSR count). The van der Waals surface area contributed by atoms with Crippen molar-refractivity contribution in [2.45, 2.75) is 43.7 Å². The number of hydrogen-bond acceptors (Lipinski definition) is 4. The fraction of sp³-hybridized carbons (Fsp3) is 0.588. The lowest BCUT2D eigenvalue weighted by Gasteiger charge is -2.32. The second-order valence-electron chi connectivity index (χ2n) is 7.25. The molecule has 0 unspecified atom stereocenters. The van der Waals surface area contributed by atoms with Crippen LogP contribution in [0.3, 0.4) is 0 Å². The van der Waals surface area contributed by atoms with Gasteiger partial charge in [-0.3, -0.25) is 4.79 Å². The molecule has 2 aliphatic heterocycles. The highest BCUT2D eigenvalue weighted by molar-refractivity contribution is 6.71. The molecule has 0 saturated carbocycles. The molecule has 0 bridgehead atoms. The van der Waals surface area contributed by atoms with Gasteiger partial charge in [0.25, 0.3) is 5.91 Å². The van der Waals surface area contributed by atoms with E-state index in [2.05, 4.69) is 0 Å². The first-order valence-electron chi connectivity index (χ1n) is 8.14. The third-order valence-electron chi connectivity index (χ3n) is 5.43. The summed E-state index contributed by atoms with van der Waals surface area (Å²) in [5, 5.41) is 9.40. The van der Waals surface area contributed by atoms with E-state index >= 15 is 0 Å². The van der Waals surface area contributed by atoms with Crippen molar-refractivity contribution in [1.29, 1.82) is 0 Å². The lowest BCUT2D eigenvalue weighted by Crippen LogP contribution is -2.45. The molecule has 1 aromatic rings. The third-order valence-corrected chi connectivity index (χ3v) is 7.94. The number of aliphatic hydroxyl groups is 1. The number of ether oxygens (including phenoxy) is 1. The van der Waals surface area contributed by atoms with Crippen LogP contribution >= 0.6 is 0 Å². The Morgan fingerprint density at radius 1 is 1.35 bits per heavy atom. The molecular formula is C17H25NO4Si. The Kier molecular flexibility index (Phi) is 3.91. The summed E-state index contributed by atoms with van der Waals surface area (Å²) in [5.41, 5.74) is 0.607. The number of hydrogen-bond donors (Lipinski definition) is 2. The summed E-state index contributed by atoms with van der Waals surface area (Å²) < 4.78 is 6.33. The SMILES string of the molecule is C[C@H]1[C@H]([Si](C)(C)O)[C@@H](CCO)O[C@]12C(=O)N(C)c1ccccc12. The zero-order valence-corrected chi connectivity index (χ0v) is 15.1. The number of para-hydroxylation sites is 1. The standard InChI is InChI=1S/C17H25NO4Si/c1-11-15(23(3,4)21)14(9-10-19)22-17(11)12-7-5-6-8-13(12)18(2)16(17)20/h5-8,11,14-15,19,21H,9-10H2,1-4H3/t11-,14+,15-,17+/m0/s1. The van der Waals surface area contributed by atoms with Crippen molar-refractivity contribution in [3.8, 4) is 0 Å². The van der Waals surface area contributed by atoms with Crippen molar-refractivity contribution in [3.05, 3.63) is 29.8 Å². The molecule has 0 radical (unpaired) electrons. The molecule has 6 heteroatoms. The van der Waals surface area contributed by atoms with E-state index in [1.807, 2.05) is 44.3 Å². The molecule has 0 aliphatic carbocycles. The molecule has 0 aromatic heterocycles. The van der Waals surface area contributed by atoms with Crippen LogP contribution in [0.25, 0.3) is 0 Å². The number of nitrogens with zero attached hydrogens (tertiary/aromatic N) is 1. The largest absolute Gasteiger partial charge is 0.432 e. The molecule has 1 fully saturated rings. The normalized spacial score (nSPS) is 33.6. The van der Waals surface area contributed by atoms with Gasteiger partial charge in [0.15, 0.2) is 13.9 Å². The average molecular weight is 335 g/mol. The zero-order valence-electron chi connectivity index (χ0n) is 14.1. The second kappa shape index (κ2) is 5.41. The molecule has 2 aliphatic rings. The maximum atomic E-state index is 13.1. The van der Waals surface area contributed by atoms with E-state index in [0.717, 1.165) is 11.3 Å². The van der Waals surface area contributed by atoms with Gasteiger partial charge in [-0.1, -0.05) is 25.1 Å². The van der Waals surface area contributed by atoms with Crippen LogP contribution in [0, 0.1) is 5.92 Å². The fourth-order valence-electron chi connectivity index (χ4n) is 4.53. The lowest BCUT2D eigenvalue weighted by molar-refractivity contribution is -0.146. The molecule has 126 valence electrons. The summed E-state index contributed by atoms with van der Waals surface area (Å²) >= 11 is 0. The Morgan fingerprint density at radius 2 is 2.00 bits per heavy atom. The van der Waals surface area contributed by atoms with Crippen LogP contribution in [0.1, 0.15) is 18.9 Å². The van der Waals surface area contributed by atoms with Crippen LogP contribution in [0.2, 0.25) is 18.6 Å². The zero-order chi connectivity index (χ0) is 17.0. The quantitative estimate of drug-likeness (QED) is 0.827. The molecule has 2 N–H and O–H groups in total. The fourth-order valence-corrected chi connectivity index (χ4v) is 7.14. The monoisotopic (exact) mass is 335 g/mol. The van der Waals surface area contributed by atoms with Gasteiger partial charge >= 0.3 is 0 Å². The highest BCUT2D eigenvalue weighted by Crippen LogP contribution is 2.59. The third kappa shape index (κ3) is 2.20. The number of carbonyl (C=O) groups is 1. The summed E-state index contributed by atoms with van der Waals surface area (Å²) in [4.78, 5) is 25.5. The van der Waals surface area contributed by atoms with Crippen molar-refractivity contribution in [2.24, 2.45) is 5.92 Å². The van der Waals surface area contributed by atoms with Crippen molar-refractivity contribution >= 4 is 19.9 Å². The number of aliphatic hydroxyl groups excluding tert-OH is 1. The van der Waals surface area contributed by atoms with Crippen LogP contribution in [0.15, 0.2) is 24.3 Å². The van der Waals surface area contributed by atoms with E-state index in [9.17, 15) is 14.7 Å². The maximum absolute atomic E-state index is 13.1. The summed E-state index contributed by atoms with van der Waals surface area (Å²) in [6.45, 7) is 5.76. The van der Waals surface area contributed by atoms with Crippen molar-refractivity contribution < 1.29 is 19.4 Å². The van der Waals surface area contributed by atoms with Gasteiger partial charge in [-0.25, -0.2) is 0 Å². The Morgan fingerprint density at radius 3 is 2.61 bits per heavy atom. The maximum Gasteiger partial charge on any atom is 0.264 e. The van der Waals surface area contributed by atoms with E-state index in [1.54, 1.807) is 11.9 Å². The van der Waals surface area contributed by atoms with Gasteiger partial charge in [0.1, 0.15) is 0 Å². The molecule has 1 spiro atoms. The van der Waals surface area contributed by atoms with Gasteiger partial charge in [-0.15, -0.1) is 0 Å². The van der Waals surface area contributed by atoms with Gasteiger partial charge in [-0.2, -0.15) is 0 Å². The number of benzene rings is 1. The van der Waals surface area contributed by atoms with Crippen molar-refractivity contribution in [1.82, 2.24) is 0 Å². The predicted octanol–water partition coefficient (Wildman–Crippen LogP) is 1.84. The molecule has 4 atom stereocenters. The molecular weight excluding hydrogens is 310 g/mol. The summed E-state index contributed by atoms with van der Waals surface area (Å²) in [5.74, 6) is -0.209. The number of anilines is 1. The Labute approximate surface area is 138 Å². The van der Waals surface area contributed by atoms with Gasteiger partial charge in [0, 0.05) is 30.7 Å². The molecule has 23 heavy (non-hydrogen) atoms. The van der Waals surface area contributed by atoms with Gasteiger partial charge < -0.3 is 19.5 Å². The Bertz CT molecular complexity index is 629. The molecule has 5 nitrogen and oxygen atoms in total. The van der Waals surface area contributed by atoms with Crippen molar-refractivity contribution in [2.75, 3.05) is 18.6 Å². The molecule has 2 heterocycles. The average Bonchev–Trinajstić information content (AvgIpc) is 2.89. The van der Waals surface area contributed by atoms with E-state index < -0.39 is 13.9 Å². The van der Waals surface area contributed by atoms with Crippen LogP contribution in [-0.2, 0) is 15.1 Å². The Balaban J connectivity index is 2.14. The number of carbonyl (C=O) groups excluding carboxylic acids is 1. The number of amides is 1. The minimum atomic E-state index is -2.56. The lowest BCUT2D eigenvalue weighted by atomic mass is 9.82. The summed E-state index contributed by atoms with van der Waals surface area (Å²) in [6.07, 6.45) is 0.137. The highest BCUT2D eigenvalue weighted by atomic mass is 28.4.